The lowest BCUT2D eigenvalue weighted by molar-refractivity contribution is -0.121. The summed E-state index contributed by atoms with van der Waals surface area (Å²) in [7, 11) is 0. The Morgan fingerprint density at radius 1 is 1.16 bits per heavy atom. The molecule has 0 spiro atoms. The maximum atomic E-state index is 12.5. The number of nitrogens with zero attached hydrogens (tertiary/aromatic N) is 2. The standard InChI is InChI=1S/C19H18N4O2/c24-18-11-17(19(25)23(18)14-6-8-20-9-7-14)21-10-5-13-12-22-16-4-2-1-3-15(13)16/h1-4,6-9,12,17,21-22H,5,10-11H2/t17-/m1/s1. The third kappa shape index (κ3) is 2.92. The predicted octanol–water partition coefficient (Wildman–Crippen LogP) is 2.03. The minimum absolute atomic E-state index is 0.180. The van der Waals surface area contributed by atoms with Gasteiger partial charge in [-0.15, -0.1) is 0 Å². The van der Waals surface area contributed by atoms with E-state index in [1.54, 1.807) is 24.5 Å². The molecular formula is C19H18N4O2. The van der Waals surface area contributed by atoms with Gasteiger partial charge in [-0.2, -0.15) is 0 Å². The van der Waals surface area contributed by atoms with E-state index < -0.39 is 6.04 Å². The minimum Gasteiger partial charge on any atom is -0.361 e. The molecule has 1 atom stereocenters. The maximum absolute atomic E-state index is 12.5. The normalized spacial score (nSPS) is 17.6. The van der Waals surface area contributed by atoms with E-state index in [1.807, 2.05) is 24.4 Å². The molecule has 0 aliphatic carbocycles. The average molecular weight is 334 g/mol. The molecular weight excluding hydrogens is 316 g/mol. The number of hydrogen-bond acceptors (Lipinski definition) is 4. The number of para-hydroxylation sites is 1. The quantitative estimate of drug-likeness (QED) is 0.700. The first-order valence-corrected chi connectivity index (χ1v) is 8.29. The highest BCUT2D eigenvalue weighted by Gasteiger charge is 2.39. The van der Waals surface area contributed by atoms with Crippen molar-refractivity contribution in [2.75, 3.05) is 11.4 Å². The van der Waals surface area contributed by atoms with E-state index in [4.69, 9.17) is 0 Å². The van der Waals surface area contributed by atoms with Crippen LogP contribution in [0.3, 0.4) is 0 Å². The number of benzene rings is 1. The Kier molecular flexibility index (Phi) is 4.03. The van der Waals surface area contributed by atoms with Gasteiger partial charge in [0.1, 0.15) is 0 Å². The summed E-state index contributed by atoms with van der Waals surface area (Å²) in [4.78, 5) is 33.1. The van der Waals surface area contributed by atoms with Crippen LogP contribution < -0.4 is 10.2 Å². The number of anilines is 1. The summed E-state index contributed by atoms with van der Waals surface area (Å²) in [5.74, 6) is -0.379. The molecule has 1 aliphatic rings. The van der Waals surface area contributed by atoms with E-state index in [0.717, 1.165) is 11.9 Å². The molecule has 25 heavy (non-hydrogen) atoms. The molecule has 126 valence electrons. The van der Waals surface area contributed by atoms with E-state index >= 15 is 0 Å². The fourth-order valence-corrected chi connectivity index (χ4v) is 3.28. The van der Waals surface area contributed by atoms with Crippen LogP contribution >= 0.6 is 0 Å². The zero-order valence-corrected chi connectivity index (χ0v) is 13.6. The van der Waals surface area contributed by atoms with Gasteiger partial charge in [0.2, 0.25) is 5.91 Å². The molecule has 6 heteroatoms. The number of carbonyl (C=O) groups is 2. The number of amides is 2. The summed E-state index contributed by atoms with van der Waals surface area (Å²) < 4.78 is 0. The molecule has 2 N–H and O–H groups in total. The molecule has 0 radical (unpaired) electrons. The zero-order valence-electron chi connectivity index (χ0n) is 13.6. The first kappa shape index (κ1) is 15.5. The molecule has 0 saturated carbocycles. The second kappa shape index (κ2) is 6.49. The number of nitrogens with one attached hydrogen (secondary N) is 2. The number of hydrogen-bond donors (Lipinski definition) is 2. The van der Waals surface area contributed by atoms with E-state index in [-0.39, 0.29) is 18.2 Å². The number of imide groups is 1. The molecule has 4 rings (SSSR count). The van der Waals surface area contributed by atoms with E-state index in [0.29, 0.717) is 12.2 Å². The average Bonchev–Trinajstić information content (AvgIpc) is 3.17. The molecule has 2 amide bonds. The predicted molar refractivity (Wildman–Crippen MR) is 95.1 cm³/mol. The Labute approximate surface area is 144 Å². The van der Waals surface area contributed by atoms with E-state index in [1.165, 1.54) is 15.8 Å². The van der Waals surface area contributed by atoms with Crippen molar-refractivity contribution in [3.8, 4) is 0 Å². The number of pyridine rings is 1. The number of fused-ring (bicyclic) bond motifs is 1. The highest BCUT2D eigenvalue weighted by atomic mass is 16.2. The molecule has 1 aromatic carbocycles. The molecule has 1 fully saturated rings. The second-order valence-electron chi connectivity index (χ2n) is 6.09. The molecule has 3 aromatic rings. The summed E-state index contributed by atoms with van der Waals surface area (Å²) in [6, 6.07) is 11.0. The summed E-state index contributed by atoms with van der Waals surface area (Å²) in [6.07, 6.45) is 6.13. The van der Waals surface area contributed by atoms with Gasteiger partial charge in [0.15, 0.2) is 0 Å². The van der Waals surface area contributed by atoms with Crippen LogP contribution in [0.25, 0.3) is 10.9 Å². The Bertz CT molecular complexity index is 919. The number of rotatable bonds is 5. The van der Waals surface area contributed by atoms with Gasteiger partial charge in [-0.25, -0.2) is 4.90 Å². The maximum Gasteiger partial charge on any atom is 0.251 e. The van der Waals surface area contributed by atoms with Crippen molar-refractivity contribution in [3.05, 3.63) is 60.6 Å². The summed E-state index contributed by atoms with van der Waals surface area (Å²) in [5.41, 5.74) is 2.88. The van der Waals surface area contributed by atoms with Gasteiger partial charge in [-0.05, 0) is 30.2 Å². The largest absolute Gasteiger partial charge is 0.361 e. The Balaban J connectivity index is 1.40. The molecule has 3 heterocycles. The lowest BCUT2D eigenvalue weighted by Gasteiger charge is -2.15. The van der Waals surface area contributed by atoms with Crippen LogP contribution in [-0.4, -0.2) is 34.4 Å². The van der Waals surface area contributed by atoms with Gasteiger partial charge in [0.05, 0.1) is 18.2 Å². The van der Waals surface area contributed by atoms with Crippen LogP contribution in [0.15, 0.2) is 55.0 Å². The van der Waals surface area contributed by atoms with Gasteiger partial charge >= 0.3 is 0 Å². The molecule has 1 saturated heterocycles. The molecule has 2 aromatic heterocycles. The van der Waals surface area contributed by atoms with Crippen LogP contribution in [0.4, 0.5) is 5.69 Å². The van der Waals surface area contributed by atoms with Gasteiger partial charge in [0.25, 0.3) is 5.91 Å². The van der Waals surface area contributed by atoms with Crippen molar-refractivity contribution in [3.63, 3.8) is 0 Å². The van der Waals surface area contributed by atoms with Crippen molar-refractivity contribution in [1.82, 2.24) is 15.3 Å². The first-order chi connectivity index (χ1) is 12.2. The topological polar surface area (TPSA) is 78.1 Å². The van der Waals surface area contributed by atoms with Crippen LogP contribution in [0.5, 0.6) is 0 Å². The summed E-state index contributed by atoms with van der Waals surface area (Å²) >= 11 is 0. The summed E-state index contributed by atoms with van der Waals surface area (Å²) in [6.45, 7) is 0.635. The zero-order chi connectivity index (χ0) is 17.2. The van der Waals surface area contributed by atoms with Gasteiger partial charge in [0, 0.05) is 36.0 Å². The highest BCUT2D eigenvalue weighted by molar-refractivity contribution is 6.22. The second-order valence-corrected chi connectivity index (χ2v) is 6.09. The third-order valence-electron chi connectivity index (χ3n) is 4.53. The first-order valence-electron chi connectivity index (χ1n) is 8.29. The number of aromatic amines is 1. The minimum atomic E-state index is -0.467. The molecule has 6 nitrogen and oxygen atoms in total. The smallest absolute Gasteiger partial charge is 0.251 e. The van der Waals surface area contributed by atoms with Crippen molar-refractivity contribution >= 4 is 28.4 Å². The lowest BCUT2D eigenvalue weighted by atomic mass is 10.1. The fraction of sp³-hybridized carbons (Fsp3) is 0.211. The number of carbonyl (C=O) groups excluding carboxylic acids is 2. The lowest BCUT2D eigenvalue weighted by Crippen LogP contribution is -2.39. The van der Waals surface area contributed by atoms with Crippen LogP contribution in [0.2, 0.25) is 0 Å². The van der Waals surface area contributed by atoms with Gasteiger partial charge < -0.3 is 10.3 Å². The third-order valence-corrected chi connectivity index (χ3v) is 4.53. The van der Waals surface area contributed by atoms with Crippen molar-refractivity contribution in [2.45, 2.75) is 18.9 Å². The van der Waals surface area contributed by atoms with Crippen LogP contribution in [-0.2, 0) is 16.0 Å². The van der Waals surface area contributed by atoms with Crippen LogP contribution in [0.1, 0.15) is 12.0 Å². The number of H-pyrrole nitrogens is 1. The van der Waals surface area contributed by atoms with Crippen LogP contribution in [0, 0.1) is 0 Å². The molecule has 1 aliphatic heterocycles. The van der Waals surface area contributed by atoms with Crippen molar-refractivity contribution < 1.29 is 9.59 Å². The van der Waals surface area contributed by atoms with E-state index in [2.05, 4.69) is 21.4 Å². The SMILES string of the molecule is O=C1C[C@@H](NCCc2c[nH]c3ccccc23)C(=O)N1c1ccncc1. The van der Waals surface area contributed by atoms with E-state index in [9.17, 15) is 9.59 Å². The highest BCUT2D eigenvalue weighted by Crippen LogP contribution is 2.22. The summed E-state index contributed by atoms with van der Waals surface area (Å²) in [5, 5.41) is 4.41. The Hall–Kier alpha value is -2.99. The fourth-order valence-electron chi connectivity index (χ4n) is 3.28. The van der Waals surface area contributed by atoms with Crippen molar-refractivity contribution in [1.29, 1.82) is 0 Å². The number of aromatic nitrogens is 2. The Morgan fingerprint density at radius 2 is 1.96 bits per heavy atom. The van der Waals surface area contributed by atoms with Gasteiger partial charge in [-0.3, -0.25) is 14.6 Å². The van der Waals surface area contributed by atoms with Crippen molar-refractivity contribution in [2.24, 2.45) is 0 Å². The van der Waals surface area contributed by atoms with Gasteiger partial charge in [-0.1, -0.05) is 18.2 Å². The Morgan fingerprint density at radius 3 is 2.80 bits per heavy atom. The molecule has 0 unspecified atom stereocenters. The monoisotopic (exact) mass is 334 g/mol. The molecule has 0 bridgehead atoms.